The normalized spacial score (nSPS) is 29.6. The molecule has 46 heavy (non-hydrogen) atoms. The lowest BCUT2D eigenvalue weighted by molar-refractivity contribution is -0.141. The number of nitrogens with zero attached hydrogens (tertiary/aromatic N) is 3. The van der Waals surface area contributed by atoms with Crippen molar-refractivity contribution in [2.24, 2.45) is 11.8 Å². The highest BCUT2D eigenvalue weighted by atomic mass is 16.5. The highest BCUT2D eigenvalue weighted by Gasteiger charge is 2.72. The van der Waals surface area contributed by atoms with Crippen LogP contribution in [-0.2, 0) is 19.1 Å². The molecule has 1 saturated carbocycles. The van der Waals surface area contributed by atoms with Crippen LogP contribution in [0.25, 0.3) is 0 Å². The minimum Gasteiger partial charge on any atom is -0.457 e. The van der Waals surface area contributed by atoms with Gasteiger partial charge < -0.3 is 34.8 Å². The topological polar surface area (TPSA) is 103 Å². The SMILES string of the molecule is CN1CCN(CCCN2C(=O)[C@@H]3[C@H](C(=O)Nc4ccc(Oc5ccccc5)cc4)[C@@H]4C=C[C@@]3(O4)[C@@H]2C(=O)NC2CCCCC2)CC1. The average Bonchev–Trinajstić information content (AvgIpc) is 3.71. The van der Waals surface area contributed by atoms with Crippen molar-refractivity contribution in [3.8, 4) is 11.5 Å². The van der Waals surface area contributed by atoms with E-state index in [9.17, 15) is 14.4 Å². The number of amides is 3. The van der Waals surface area contributed by atoms with Gasteiger partial charge in [0.25, 0.3) is 0 Å². The zero-order chi connectivity index (χ0) is 31.7. The van der Waals surface area contributed by atoms with E-state index in [-0.39, 0.29) is 23.8 Å². The van der Waals surface area contributed by atoms with Gasteiger partial charge in [-0.2, -0.15) is 0 Å². The maximum atomic E-state index is 14.3. The molecule has 2 N–H and O–H groups in total. The Labute approximate surface area is 271 Å². The van der Waals surface area contributed by atoms with E-state index in [1.807, 2.05) is 42.5 Å². The highest BCUT2D eigenvalue weighted by molar-refractivity contribution is 6.02. The van der Waals surface area contributed by atoms with Gasteiger partial charge in [0.15, 0.2) is 0 Å². The van der Waals surface area contributed by atoms with Crippen LogP contribution in [0.5, 0.6) is 11.5 Å². The van der Waals surface area contributed by atoms with Crippen LogP contribution in [0.1, 0.15) is 38.5 Å². The lowest BCUT2D eigenvalue weighted by Crippen LogP contribution is -2.56. The maximum Gasteiger partial charge on any atom is 0.246 e. The Balaban J connectivity index is 1.07. The van der Waals surface area contributed by atoms with Gasteiger partial charge in [0, 0.05) is 44.5 Å². The minimum atomic E-state index is -1.15. The van der Waals surface area contributed by atoms with Crippen molar-refractivity contribution < 1.29 is 23.9 Å². The summed E-state index contributed by atoms with van der Waals surface area (Å²) in [6.45, 7) is 5.36. The number of fused-ring (bicyclic) bond motifs is 1. The van der Waals surface area contributed by atoms with Gasteiger partial charge in [0.2, 0.25) is 17.7 Å². The molecule has 1 aliphatic carbocycles. The molecular formula is C36H45N5O5. The standard InChI is InChI=1S/C36H45N5O5/c1-39-21-23-40(24-22-39)19-8-20-41-32(34(43)38-25-9-4-2-5-10-25)36-18-17-29(46-36)30(31(36)35(41)44)33(42)37-26-13-15-28(16-14-26)45-27-11-6-3-7-12-27/h3,6-7,11-18,25,29-32H,2,4-5,8-10,19-24H2,1H3,(H,37,42)(H,38,43)/t29-,30+,31-,32-,36-/m0/s1. The molecule has 4 heterocycles. The molecule has 2 aromatic carbocycles. The molecule has 0 radical (unpaired) electrons. The average molecular weight is 628 g/mol. The number of ether oxygens (including phenoxy) is 2. The summed E-state index contributed by atoms with van der Waals surface area (Å²) in [5.41, 5.74) is -0.545. The molecule has 5 atom stereocenters. The fourth-order valence-corrected chi connectivity index (χ4v) is 8.03. The third-order valence-electron chi connectivity index (χ3n) is 10.4. The van der Waals surface area contributed by atoms with Crippen LogP contribution >= 0.6 is 0 Å². The number of hydrogen-bond acceptors (Lipinski definition) is 7. The fourth-order valence-electron chi connectivity index (χ4n) is 8.03. The quantitative estimate of drug-likeness (QED) is 0.388. The van der Waals surface area contributed by atoms with Gasteiger partial charge in [-0.3, -0.25) is 14.4 Å². The van der Waals surface area contributed by atoms with E-state index in [0.717, 1.165) is 70.6 Å². The molecule has 4 fully saturated rings. The van der Waals surface area contributed by atoms with Crippen LogP contribution in [0.15, 0.2) is 66.7 Å². The first-order chi connectivity index (χ1) is 22.4. The van der Waals surface area contributed by atoms with Gasteiger partial charge in [-0.15, -0.1) is 0 Å². The minimum absolute atomic E-state index is 0.106. The largest absolute Gasteiger partial charge is 0.457 e. The Hall–Kier alpha value is -3.73. The number of benzene rings is 2. The van der Waals surface area contributed by atoms with E-state index in [4.69, 9.17) is 9.47 Å². The molecule has 10 nitrogen and oxygen atoms in total. The Morgan fingerprint density at radius 2 is 1.63 bits per heavy atom. The molecule has 4 aliphatic heterocycles. The van der Waals surface area contributed by atoms with Crippen molar-refractivity contribution in [2.75, 3.05) is 51.6 Å². The van der Waals surface area contributed by atoms with E-state index < -0.39 is 29.6 Å². The molecule has 3 amide bonds. The van der Waals surface area contributed by atoms with Crippen molar-refractivity contribution in [1.29, 1.82) is 0 Å². The summed E-state index contributed by atoms with van der Waals surface area (Å²) in [4.78, 5) is 48.7. The molecule has 7 rings (SSSR count). The summed E-state index contributed by atoms with van der Waals surface area (Å²) < 4.78 is 12.4. The zero-order valence-corrected chi connectivity index (χ0v) is 26.6. The van der Waals surface area contributed by atoms with Crippen LogP contribution in [-0.4, -0.2) is 103 Å². The number of hydrogen-bond donors (Lipinski definition) is 2. The molecule has 10 heteroatoms. The second kappa shape index (κ2) is 13.2. The molecule has 3 saturated heterocycles. The van der Waals surface area contributed by atoms with Crippen LogP contribution < -0.4 is 15.4 Å². The Bertz CT molecular complexity index is 1440. The predicted octanol–water partition coefficient (Wildman–Crippen LogP) is 3.65. The van der Waals surface area contributed by atoms with Crippen LogP contribution in [0.2, 0.25) is 0 Å². The number of carbonyl (C=O) groups excluding carboxylic acids is 3. The first kappa shape index (κ1) is 30.9. The number of likely N-dealkylation sites (N-methyl/N-ethyl adjacent to an activating group) is 1. The first-order valence-corrected chi connectivity index (χ1v) is 16.9. The van der Waals surface area contributed by atoms with Crippen molar-refractivity contribution >= 4 is 23.4 Å². The number of para-hydroxylation sites is 1. The number of piperazine rings is 1. The first-order valence-electron chi connectivity index (χ1n) is 16.9. The molecule has 244 valence electrons. The molecule has 1 spiro atoms. The Morgan fingerprint density at radius 1 is 0.913 bits per heavy atom. The monoisotopic (exact) mass is 627 g/mol. The summed E-state index contributed by atoms with van der Waals surface area (Å²) in [6.07, 6.45) is 9.24. The molecule has 0 aromatic heterocycles. The fraction of sp³-hybridized carbons (Fsp3) is 0.528. The van der Waals surface area contributed by atoms with Crippen LogP contribution in [0.4, 0.5) is 5.69 Å². The number of nitrogens with one attached hydrogen (secondary N) is 2. The van der Waals surface area contributed by atoms with Crippen molar-refractivity contribution in [3.63, 3.8) is 0 Å². The van der Waals surface area contributed by atoms with E-state index in [1.54, 1.807) is 29.2 Å². The molecule has 0 unspecified atom stereocenters. The predicted molar refractivity (Wildman–Crippen MR) is 174 cm³/mol. The van der Waals surface area contributed by atoms with Crippen molar-refractivity contribution in [1.82, 2.24) is 20.0 Å². The second-order valence-corrected chi connectivity index (χ2v) is 13.5. The molecule has 5 aliphatic rings. The van der Waals surface area contributed by atoms with Crippen LogP contribution in [0.3, 0.4) is 0 Å². The number of likely N-dealkylation sites (tertiary alicyclic amines) is 1. The van der Waals surface area contributed by atoms with Crippen LogP contribution in [0, 0.1) is 11.8 Å². The third kappa shape index (κ3) is 6.06. The second-order valence-electron chi connectivity index (χ2n) is 13.5. The van der Waals surface area contributed by atoms with Crippen molar-refractivity contribution in [2.45, 2.75) is 62.3 Å². The summed E-state index contributed by atoms with van der Waals surface area (Å²) >= 11 is 0. The Kier molecular flexibility index (Phi) is 8.85. The third-order valence-corrected chi connectivity index (χ3v) is 10.4. The lowest BCUT2D eigenvalue weighted by Gasteiger charge is -2.35. The van der Waals surface area contributed by atoms with Gasteiger partial charge in [-0.05, 0) is 69.3 Å². The molecular weight excluding hydrogens is 582 g/mol. The summed E-state index contributed by atoms with van der Waals surface area (Å²) in [5, 5.41) is 6.29. The van der Waals surface area contributed by atoms with E-state index in [2.05, 4.69) is 27.5 Å². The van der Waals surface area contributed by atoms with E-state index in [0.29, 0.717) is 18.0 Å². The maximum absolute atomic E-state index is 14.3. The number of carbonyl (C=O) groups is 3. The van der Waals surface area contributed by atoms with Gasteiger partial charge in [0.05, 0.1) is 17.9 Å². The summed E-state index contributed by atoms with van der Waals surface area (Å²) in [6, 6.07) is 16.0. The lowest BCUT2D eigenvalue weighted by atomic mass is 9.74. The Morgan fingerprint density at radius 3 is 2.37 bits per heavy atom. The van der Waals surface area contributed by atoms with Gasteiger partial charge in [-0.1, -0.05) is 49.6 Å². The van der Waals surface area contributed by atoms with Gasteiger partial charge in [-0.25, -0.2) is 0 Å². The van der Waals surface area contributed by atoms with E-state index >= 15 is 0 Å². The molecule has 2 bridgehead atoms. The highest BCUT2D eigenvalue weighted by Crippen LogP contribution is 2.55. The van der Waals surface area contributed by atoms with Gasteiger partial charge in [0.1, 0.15) is 23.1 Å². The zero-order valence-electron chi connectivity index (χ0n) is 26.6. The van der Waals surface area contributed by atoms with E-state index in [1.165, 1.54) is 6.42 Å². The summed E-state index contributed by atoms with van der Waals surface area (Å²) in [5.74, 6) is -0.718. The molecule has 2 aromatic rings. The summed E-state index contributed by atoms with van der Waals surface area (Å²) in [7, 11) is 2.14. The number of rotatable bonds is 10. The van der Waals surface area contributed by atoms with Gasteiger partial charge >= 0.3 is 0 Å². The number of anilines is 1. The van der Waals surface area contributed by atoms with Crippen molar-refractivity contribution in [3.05, 3.63) is 66.7 Å². The smallest absolute Gasteiger partial charge is 0.246 e.